The second-order valence-corrected chi connectivity index (χ2v) is 17.5. The molecule has 15 heteroatoms. The lowest BCUT2D eigenvalue weighted by molar-refractivity contribution is -0.317. The minimum Gasteiger partial charge on any atom is -0.462 e. The van der Waals surface area contributed by atoms with Gasteiger partial charge in [-0.15, -0.1) is 0 Å². The van der Waals surface area contributed by atoms with Gasteiger partial charge in [-0.3, -0.25) is 9.59 Å². The van der Waals surface area contributed by atoms with Gasteiger partial charge in [0.25, 0.3) is 0 Å². The Balaban J connectivity index is 1.28. The predicted molar refractivity (Wildman–Crippen MR) is 209 cm³/mol. The van der Waals surface area contributed by atoms with Gasteiger partial charge >= 0.3 is 5.97 Å². The van der Waals surface area contributed by atoms with E-state index in [-0.39, 0.29) is 72.5 Å². The van der Waals surface area contributed by atoms with Gasteiger partial charge in [0.2, 0.25) is 0 Å². The van der Waals surface area contributed by atoms with E-state index >= 15 is 0 Å². The zero-order valence-corrected chi connectivity index (χ0v) is 35.4. The number of carbonyl (C=O) groups excluding carboxylic acids is 2. The molecule has 3 heterocycles. The maximum Gasteiger partial charge on any atom is 0.306 e. The molecule has 2 saturated carbocycles. The number of esters is 1. The Bertz CT molecular complexity index is 1460. The molecular formula is C42H68N4O11. The van der Waals surface area contributed by atoms with E-state index in [1.165, 1.54) is 0 Å². The molecule has 3 aliphatic heterocycles. The van der Waals surface area contributed by atoms with Crippen molar-refractivity contribution in [1.29, 1.82) is 0 Å². The molecule has 6 rings (SSSR count). The number of nitrogens with zero attached hydrogens (tertiary/aromatic N) is 4. The van der Waals surface area contributed by atoms with Gasteiger partial charge in [-0.05, 0) is 121 Å². The van der Waals surface area contributed by atoms with Gasteiger partial charge in [-0.25, -0.2) is 0 Å². The maximum atomic E-state index is 14.9. The van der Waals surface area contributed by atoms with Crippen LogP contribution in [0.2, 0.25) is 0 Å². The van der Waals surface area contributed by atoms with Crippen LogP contribution in [0.15, 0.2) is 16.8 Å². The molecule has 3 aliphatic carbocycles. The smallest absolute Gasteiger partial charge is 0.306 e. The van der Waals surface area contributed by atoms with E-state index in [1.807, 2.05) is 33.8 Å². The first kappa shape index (κ1) is 44.4. The standard InChI is InChI=1S/C42H68N4O11/c1-10-24-13-12-14-32(57-34-16-15-31(46(6)7)22(4)53-34)21(3)37(48)30-19-27-26-17-25(56-42-41(51-9)40(52-11-2)39(50-8)23(5)54-42)18-29(26)36(44-45-43)38(49)35(27)28(30)20-33(47)55-24/h19,21-29,31-32,34-36,38-42,49H,10-18,20H2,1-9H3/t21-,22?,23?,24+,25+,26+,27+,28-,29-,31+,32+,34+,35-,36+,38+,39+,40-,41?,42+/m1/s1. The van der Waals surface area contributed by atoms with Gasteiger partial charge in [-0.1, -0.05) is 25.0 Å². The summed E-state index contributed by atoms with van der Waals surface area (Å²) in [6.45, 7) is 10.3. The Morgan fingerprint density at radius 2 is 1.68 bits per heavy atom. The zero-order chi connectivity index (χ0) is 41.1. The second-order valence-electron chi connectivity index (χ2n) is 17.5. The van der Waals surface area contributed by atoms with E-state index in [0.717, 1.165) is 19.3 Å². The monoisotopic (exact) mass is 804 g/mol. The third-order valence-electron chi connectivity index (χ3n) is 14.1. The van der Waals surface area contributed by atoms with Gasteiger partial charge < -0.3 is 47.9 Å². The van der Waals surface area contributed by atoms with Gasteiger partial charge in [-0.2, -0.15) is 0 Å². The number of methoxy groups -OCH3 is 2. The first-order valence-electron chi connectivity index (χ1n) is 21.5. The lowest BCUT2D eigenvalue weighted by Crippen LogP contribution is -2.60. The van der Waals surface area contributed by atoms with E-state index < -0.39 is 60.8 Å². The Labute approximate surface area is 338 Å². The summed E-state index contributed by atoms with van der Waals surface area (Å²) >= 11 is 0. The highest BCUT2D eigenvalue weighted by Gasteiger charge is 2.59. The predicted octanol–water partition coefficient (Wildman–Crippen LogP) is 5.36. The number of ketones is 1. The number of aliphatic hydroxyl groups is 1. The van der Waals surface area contributed by atoms with Crippen LogP contribution < -0.4 is 0 Å². The average molecular weight is 805 g/mol. The summed E-state index contributed by atoms with van der Waals surface area (Å²) in [5.74, 6) is -2.74. The molecule has 15 nitrogen and oxygen atoms in total. The van der Waals surface area contributed by atoms with Crippen molar-refractivity contribution >= 4 is 11.8 Å². The van der Waals surface area contributed by atoms with Crippen molar-refractivity contribution in [3.63, 3.8) is 0 Å². The number of ether oxygens (including phenoxy) is 8. The maximum absolute atomic E-state index is 14.9. The number of cyclic esters (lactones) is 1. The minimum atomic E-state index is -1.09. The molecule has 3 saturated heterocycles. The molecule has 0 aromatic rings. The molecule has 0 radical (unpaired) electrons. The molecule has 57 heavy (non-hydrogen) atoms. The summed E-state index contributed by atoms with van der Waals surface area (Å²) in [5.41, 5.74) is 10.3. The molecule has 0 spiro atoms. The number of Topliss-reactive ketones (excluding diaryl/α,β-unsaturated/α-hetero) is 1. The van der Waals surface area contributed by atoms with Crippen LogP contribution in [0.5, 0.6) is 0 Å². The fourth-order valence-electron chi connectivity index (χ4n) is 11.3. The highest BCUT2D eigenvalue weighted by molar-refractivity contribution is 5.99. The third kappa shape index (κ3) is 9.28. The highest BCUT2D eigenvalue weighted by Crippen LogP contribution is 2.57. The normalized spacial score (nSPS) is 45.5. The van der Waals surface area contributed by atoms with E-state index in [1.54, 1.807) is 14.2 Å². The quantitative estimate of drug-likeness (QED) is 0.123. The minimum absolute atomic E-state index is 0.0237. The molecule has 5 fully saturated rings. The van der Waals surface area contributed by atoms with Crippen molar-refractivity contribution in [3.8, 4) is 0 Å². The van der Waals surface area contributed by atoms with Crippen LogP contribution in [0.25, 0.3) is 10.4 Å². The van der Waals surface area contributed by atoms with Gasteiger partial charge in [0.1, 0.15) is 24.4 Å². The topological polar surface area (TPSA) is 180 Å². The third-order valence-corrected chi connectivity index (χ3v) is 14.1. The summed E-state index contributed by atoms with van der Waals surface area (Å²) in [6.07, 6.45) is 2.40. The Morgan fingerprint density at radius 1 is 0.947 bits per heavy atom. The van der Waals surface area contributed by atoms with Crippen LogP contribution >= 0.6 is 0 Å². The van der Waals surface area contributed by atoms with Crippen molar-refractivity contribution in [2.24, 2.45) is 40.6 Å². The van der Waals surface area contributed by atoms with Crippen LogP contribution in [0.3, 0.4) is 0 Å². The molecule has 0 aromatic carbocycles. The SMILES string of the molecule is CCO[C@H]1C(OC)[C@H](O[C@@H]2C[C@@H]3[C@@H](C2)[C@@H]2C=C4C(=O)[C@H](C)[C@@H](O[C@H]5CC[C@H](N(C)C)C(C)O5)CCC[C@H](CC)OC(=O)C[C@H]4[C@@H]2[C@H](O)[C@H]3N=[N+]=[N-])OC(C)[C@@H]1OC. The van der Waals surface area contributed by atoms with Gasteiger partial charge in [0.15, 0.2) is 18.4 Å². The van der Waals surface area contributed by atoms with E-state index in [9.17, 15) is 20.2 Å². The van der Waals surface area contributed by atoms with Gasteiger partial charge in [0, 0.05) is 43.6 Å². The van der Waals surface area contributed by atoms with Crippen molar-refractivity contribution in [3.05, 3.63) is 22.1 Å². The molecule has 0 bridgehead atoms. The van der Waals surface area contributed by atoms with Crippen LogP contribution in [-0.4, -0.2) is 136 Å². The summed E-state index contributed by atoms with van der Waals surface area (Å²) in [4.78, 5) is 33.9. The first-order chi connectivity index (χ1) is 27.3. The summed E-state index contributed by atoms with van der Waals surface area (Å²) in [5, 5.41) is 16.4. The van der Waals surface area contributed by atoms with Crippen LogP contribution in [0.4, 0.5) is 0 Å². The number of hydrogen-bond donors (Lipinski definition) is 1. The number of hydrogen-bond acceptors (Lipinski definition) is 13. The van der Waals surface area contributed by atoms with Crippen molar-refractivity contribution in [1.82, 2.24) is 4.90 Å². The summed E-state index contributed by atoms with van der Waals surface area (Å²) in [6, 6.07) is -0.491. The molecule has 0 amide bonds. The van der Waals surface area contributed by atoms with Crippen molar-refractivity contribution in [2.45, 2.75) is 172 Å². The highest BCUT2D eigenvalue weighted by atomic mass is 16.7. The van der Waals surface area contributed by atoms with Crippen LogP contribution in [-0.2, 0) is 47.5 Å². The fourth-order valence-corrected chi connectivity index (χ4v) is 11.3. The molecule has 3 unspecified atom stereocenters. The largest absolute Gasteiger partial charge is 0.462 e. The number of azide groups is 1. The Morgan fingerprint density at radius 3 is 2.33 bits per heavy atom. The Hall–Kier alpha value is -2.17. The van der Waals surface area contributed by atoms with Crippen molar-refractivity contribution < 1.29 is 52.6 Å². The number of allylic oxidation sites excluding steroid dienone is 2. The van der Waals surface area contributed by atoms with Crippen molar-refractivity contribution in [2.75, 3.05) is 34.9 Å². The number of aliphatic hydroxyl groups excluding tert-OH is 1. The molecule has 1 N–H and O–H groups in total. The Kier molecular flexibility index (Phi) is 15.2. The van der Waals surface area contributed by atoms with Crippen LogP contribution in [0.1, 0.15) is 92.4 Å². The fraction of sp³-hybridized carbons (Fsp3) is 0.905. The molecule has 322 valence electrons. The number of likely N-dealkylation sites (N-methyl/N-ethyl adjacent to an activating group) is 1. The van der Waals surface area contributed by atoms with Gasteiger partial charge in [0.05, 0.1) is 43.0 Å². The number of rotatable bonds is 11. The summed E-state index contributed by atoms with van der Waals surface area (Å²) < 4.78 is 49.9. The molecule has 6 aliphatic rings. The van der Waals surface area contributed by atoms with E-state index in [2.05, 4.69) is 35.9 Å². The second kappa shape index (κ2) is 19.5. The first-order valence-corrected chi connectivity index (χ1v) is 21.5. The molecular weight excluding hydrogens is 736 g/mol. The lowest BCUT2D eigenvalue weighted by Gasteiger charge is -2.45. The summed E-state index contributed by atoms with van der Waals surface area (Å²) in [7, 11) is 7.34. The lowest BCUT2D eigenvalue weighted by atomic mass is 9.63. The number of carbonyl (C=O) groups is 2. The number of fused-ring (bicyclic) bond motifs is 5. The van der Waals surface area contributed by atoms with Crippen LogP contribution in [0, 0.1) is 35.5 Å². The van der Waals surface area contributed by atoms with E-state index in [0.29, 0.717) is 44.3 Å². The van der Waals surface area contributed by atoms with E-state index in [4.69, 9.17) is 37.9 Å². The average Bonchev–Trinajstić information content (AvgIpc) is 3.76. The zero-order valence-electron chi connectivity index (χ0n) is 35.4. The molecule has 19 atom stereocenters. The molecule has 0 aromatic heterocycles.